The molecule has 1 aliphatic rings. The van der Waals surface area contributed by atoms with Gasteiger partial charge in [0.05, 0.1) is 4.90 Å². The van der Waals surface area contributed by atoms with E-state index in [1.807, 2.05) is 19.9 Å². The number of likely N-dealkylation sites (tertiary alicyclic amines) is 1. The molecule has 0 unspecified atom stereocenters. The van der Waals surface area contributed by atoms with Crippen LogP contribution < -0.4 is 4.72 Å². The van der Waals surface area contributed by atoms with Gasteiger partial charge < -0.3 is 4.90 Å². The monoisotopic (exact) mass is 324 g/mol. The summed E-state index contributed by atoms with van der Waals surface area (Å²) in [5.41, 5.74) is -0.495. The van der Waals surface area contributed by atoms with Crippen LogP contribution in [0.1, 0.15) is 34.1 Å². The van der Waals surface area contributed by atoms with E-state index in [0.29, 0.717) is 16.7 Å². The van der Waals surface area contributed by atoms with Crippen molar-refractivity contribution in [3.63, 3.8) is 0 Å². The lowest BCUT2D eigenvalue weighted by molar-refractivity contribution is 0.116. The zero-order chi connectivity index (χ0) is 16.4. The molecule has 0 saturated carbocycles. The quantitative estimate of drug-likeness (QED) is 0.906. The number of hydrogen-bond acceptors (Lipinski definition) is 3. The first-order chi connectivity index (χ1) is 10.2. The molecule has 124 valence electrons. The largest absolute Gasteiger partial charge is 0.301 e. The predicted octanol–water partition coefficient (Wildman–Crippen LogP) is 2.72. The maximum Gasteiger partial charge on any atom is 0.241 e. The number of piperidine rings is 1. The summed E-state index contributed by atoms with van der Waals surface area (Å²) < 4.78 is 27.8. The van der Waals surface area contributed by atoms with Crippen LogP contribution >= 0.6 is 0 Å². The predicted molar refractivity (Wildman–Crippen MR) is 90.2 cm³/mol. The molecule has 1 fully saturated rings. The van der Waals surface area contributed by atoms with Crippen LogP contribution in [-0.4, -0.2) is 38.5 Å². The first-order valence-corrected chi connectivity index (χ1v) is 9.48. The van der Waals surface area contributed by atoms with E-state index in [9.17, 15) is 8.42 Å². The van der Waals surface area contributed by atoms with E-state index in [4.69, 9.17) is 0 Å². The van der Waals surface area contributed by atoms with Gasteiger partial charge in [0.2, 0.25) is 10.0 Å². The van der Waals surface area contributed by atoms with E-state index in [1.54, 1.807) is 24.3 Å². The normalized spacial score (nSPS) is 24.4. The van der Waals surface area contributed by atoms with Gasteiger partial charge in [-0.25, -0.2) is 13.1 Å². The van der Waals surface area contributed by atoms with Crippen molar-refractivity contribution in [1.82, 2.24) is 9.62 Å². The van der Waals surface area contributed by atoms with E-state index < -0.39 is 15.6 Å². The molecule has 0 amide bonds. The van der Waals surface area contributed by atoms with Gasteiger partial charge in [0.15, 0.2) is 0 Å². The Bertz CT molecular complexity index is 574. The molecule has 0 aliphatic carbocycles. The summed E-state index contributed by atoms with van der Waals surface area (Å²) in [6.07, 6.45) is 1.26. The average Bonchev–Trinajstić information content (AvgIpc) is 2.36. The van der Waals surface area contributed by atoms with Crippen LogP contribution in [0.2, 0.25) is 0 Å². The Hall–Kier alpha value is -0.910. The minimum absolute atomic E-state index is 0.323. The minimum atomic E-state index is -3.47. The number of sulfonamides is 1. The van der Waals surface area contributed by atoms with Crippen LogP contribution in [0.25, 0.3) is 0 Å². The van der Waals surface area contributed by atoms with Gasteiger partial charge in [0, 0.05) is 25.2 Å². The van der Waals surface area contributed by atoms with Crippen LogP contribution in [-0.2, 0) is 10.0 Å². The van der Waals surface area contributed by atoms with E-state index in [2.05, 4.69) is 23.5 Å². The summed E-state index contributed by atoms with van der Waals surface area (Å²) in [6.45, 7) is 11.3. The zero-order valence-electron chi connectivity index (χ0n) is 14.0. The second-order valence-electron chi connectivity index (χ2n) is 7.44. The molecule has 1 heterocycles. The van der Waals surface area contributed by atoms with Crippen molar-refractivity contribution in [3.8, 4) is 0 Å². The Kier molecular flexibility index (Phi) is 5.30. The van der Waals surface area contributed by atoms with Crippen molar-refractivity contribution < 1.29 is 8.42 Å². The Morgan fingerprint density at radius 3 is 2.23 bits per heavy atom. The third-order valence-corrected chi connectivity index (χ3v) is 5.74. The van der Waals surface area contributed by atoms with E-state index in [1.165, 1.54) is 6.42 Å². The van der Waals surface area contributed by atoms with Crippen molar-refractivity contribution in [2.24, 2.45) is 11.8 Å². The SMILES string of the molecule is C[C@H]1C[C@H](C)CN(CC(C)(C)NS(=O)(=O)c2ccccc2)C1. The summed E-state index contributed by atoms with van der Waals surface area (Å²) in [5, 5.41) is 0. The van der Waals surface area contributed by atoms with Gasteiger partial charge in [-0.3, -0.25) is 0 Å². The van der Waals surface area contributed by atoms with Gasteiger partial charge in [-0.2, -0.15) is 0 Å². The molecule has 0 radical (unpaired) electrons. The molecule has 22 heavy (non-hydrogen) atoms. The molecule has 5 heteroatoms. The second-order valence-corrected chi connectivity index (χ2v) is 9.12. The van der Waals surface area contributed by atoms with Gasteiger partial charge in [0.25, 0.3) is 0 Å². The van der Waals surface area contributed by atoms with Crippen molar-refractivity contribution in [1.29, 1.82) is 0 Å². The van der Waals surface area contributed by atoms with Crippen molar-refractivity contribution in [3.05, 3.63) is 30.3 Å². The molecule has 4 nitrogen and oxygen atoms in total. The Morgan fingerprint density at radius 1 is 1.14 bits per heavy atom. The lowest BCUT2D eigenvalue weighted by Crippen LogP contribution is -2.53. The molecule has 0 spiro atoms. The summed E-state index contributed by atoms with van der Waals surface area (Å²) >= 11 is 0. The van der Waals surface area contributed by atoms with Crippen LogP contribution in [0.5, 0.6) is 0 Å². The maximum absolute atomic E-state index is 12.5. The third-order valence-electron chi connectivity index (χ3n) is 4.03. The zero-order valence-corrected chi connectivity index (χ0v) is 14.9. The van der Waals surface area contributed by atoms with Crippen molar-refractivity contribution >= 4 is 10.0 Å². The van der Waals surface area contributed by atoms with Gasteiger partial charge in [-0.05, 0) is 44.2 Å². The number of benzene rings is 1. The fourth-order valence-electron chi connectivity index (χ4n) is 3.53. The summed E-state index contributed by atoms with van der Waals surface area (Å²) in [7, 11) is -3.47. The molecule has 1 N–H and O–H groups in total. The molecular weight excluding hydrogens is 296 g/mol. The van der Waals surface area contributed by atoms with E-state index in [0.717, 1.165) is 19.6 Å². The molecule has 2 rings (SSSR count). The molecule has 0 bridgehead atoms. The van der Waals surface area contributed by atoms with Crippen molar-refractivity contribution in [2.75, 3.05) is 19.6 Å². The van der Waals surface area contributed by atoms with E-state index in [-0.39, 0.29) is 0 Å². The van der Waals surface area contributed by atoms with Gasteiger partial charge in [-0.1, -0.05) is 32.0 Å². The highest BCUT2D eigenvalue weighted by atomic mass is 32.2. The number of hydrogen-bond donors (Lipinski definition) is 1. The van der Waals surface area contributed by atoms with Crippen LogP contribution in [0.3, 0.4) is 0 Å². The fourth-order valence-corrected chi connectivity index (χ4v) is 4.96. The Labute approximate surface area is 135 Å². The number of nitrogens with one attached hydrogen (secondary N) is 1. The fraction of sp³-hybridized carbons (Fsp3) is 0.647. The molecule has 1 saturated heterocycles. The third kappa shape index (κ3) is 4.80. The minimum Gasteiger partial charge on any atom is -0.301 e. The molecule has 1 aromatic rings. The number of rotatable bonds is 5. The Balaban J connectivity index is 2.04. The number of nitrogens with zero attached hydrogens (tertiary/aromatic N) is 1. The molecule has 1 aromatic carbocycles. The van der Waals surface area contributed by atoms with Gasteiger partial charge >= 0.3 is 0 Å². The summed E-state index contributed by atoms with van der Waals surface area (Å²) in [6, 6.07) is 8.57. The van der Waals surface area contributed by atoms with Crippen LogP contribution in [0.15, 0.2) is 35.2 Å². The lowest BCUT2D eigenvalue weighted by Gasteiger charge is -2.39. The smallest absolute Gasteiger partial charge is 0.241 e. The summed E-state index contributed by atoms with van der Waals surface area (Å²) in [5.74, 6) is 1.34. The first kappa shape index (κ1) is 17.4. The molecule has 2 atom stereocenters. The van der Waals surface area contributed by atoms with Gasteiger partial charge in [-0.15, -0.1) is 0 Å². The topological polar surface area (TPSA) is 49.4 Å². The second kappa shape index (κ2) is 6.69. The highest BCUT2D eigenvalue weighted by molar-refractivity contribution is 7.89. The maximum atomic E-state index is 12.5. The van der Waals surface area contributed by atoms with Crippen LogP contribution in [0, 0.1) is 11.8 Å². The first-order valence-electron chi connectivity index (χ1n) is 7.99. The van der Waals surface area contributed by atoms with Crippen LogP contribution in [0.4, 0.5) is 0 Å². The standard InChI is InChI=1S/C17H28N2O2S/c1-14-10-15(2)12-19(11-14)13-17(3,4)18-22(20,21)16-8-6-5-7-9-16/h5-9,14-15,18H,10-13H2,1-4H3/t14-,15-/m0/s1. The molecular formula is C17H28N2O2S. The highest BCUT2D eigenvalue weighted by Gasteiger charge is 2.31. The lowest BCUT2D eigenvalue weighted by atomic mass is 9.91. The highest BCUT2D eigenvalue weighted by Crippen LogP contribution is 2.23. The molecule has 1 aliphatic heterocycles. The average molecular weight is 324 g/mol. The molecule has 0 aromatic heterocycles. The Morgan fingerprint density at radius 2 is 1.68 bits per heavy atom. The summed E-state index contributed by atoms with van der Waals surface area (Å²) in [4.78, 5) is 2.70. The van der Waals surface area contributed by atoms with E-state index >= 15 is 0 Å². The van der Waals surface area contributed by atoms with Crippen molar-refractivity contribution in [2.45, 2.75) is 44.6 Å². The van der Waals surface area contributed by atoms with Gasteiger partial charge in [0.1, 0.15) is 0 Å².